The van der Waals surface area contributed by atoms with Gasteiger partial charge in [0.1, 0.15) is 5.60 Å². The van der Waals surface area contributed by atoms with Gasteiger partial charge < -0.3 is 10.5 Å². The zero-order valence-electron chi connectivity index (χ0n) is 9.41. The second-order valence-corrected chi connectivity index (χ2v) is 4.90. The summed E-state index contributed by atoms with van der Waals surface area (Å²) >= 11 is 0. The van der Waals surface area contributed by atoms with Gasteiger partial charge in [0, 0.05) is 6.54 Å². The Bertz CT molecular complexity index is 223. The molecule has 0 radical (unpaired) electrons. The maximum atomic E-state index is 11.7. The minimum atomic E-state index is -0.419. The molecule has 2 atom stereocenters. The Balaban J connectivity index is 2.54. The molecule has 0 aromatic rings. The van der Waals surface area contributed by atoms with Gasteiger partial charge in [0.05, 0.1) is 12.1 Å². The van der Waals surface area contributed by atoms with Gasteiger partial charge in [-0.15, -0.1) is 0 Å². The van der Waals surface area contributed by atoms with Crippen LogP contribution in [0.1, 0.15) is 27.2 Å². The van der Waals surface area contributed by atoms with Crippen LogP contribution in [0.25, 0.3) is 0 Å². The summed E-state index contributed by atoms with van der Waals surface area (Å²) in [6.07, 6.45) is 0.608. The van der Waals surface area contributed by atoms with Crippen LogP contribution in [0, 0.1) is 5.92 Å². The molecule has 2 N–H and O–H groups in total. The number of ether oxygens (including phenoxy) is 1. The van der Waals surface area contributed by atoms with Crippen molar-refractivity contribution >= 4 is 5.97 Å². The lowest BCUT2D eigenvalue weighted by atomic mass is 10.1. The molecule has 1 rings (SSSR count). The molecule has 1 aliphatic heterocycles. The van der Waals surface area contributed by atoms with E-state index in [9.17, 15) is 4.79 Å². The second kappa shape index (κ2) is 3.87. The summed E-state index contributed by atoms with van der Waals surface area (Å²) in [5, 5.41) is 0. The molecular formula is C10H20N2O2. The molecule has 2 unspecified atom stereocenters. The smallest absolute Gasteiger partial charge is 0.312 e. The SMILES string of the molecule is CN1CCC(C(=O)OC(C)(C)C)C1N. The molecule has 82 valence electrons. The number of nitrogens with two attached hydrogens (primary N) is 1. The Morgan fingerprint density at radius 3 is 2.43 bits per heavy atom. The van der Waals surface area contributed by atoms with E-state index in [-0.39, 0.29) is 18.1 Å². The molecule has 4 nitrogen and oxygen atoms in total. The van der Waals surface area contributed by atoms with E-state index in [4.69, 9.17) is 10.5 Å². The van der Waals surface area contributed by atoms with Crippen molar-refractivity contribution in [1.29, 1.82) is 0 Å². The monoisotopic (exact) mass is 200 g/mol. The fourth-order valence-corrected chi connectivity index (χ4v) is 1.60. The molecule has 0 spiro atoms. The van der Waals surface area contributed by atoms with E-state index in [1.807, 2.05) is 32.7 Å². The fraction of sp³-hybridized carbons (Fsp3) is 0.900. The van der Waals surface area contributed by atoms with Crippen molar-refractivity contribution in [2.45, 2.75) is 39.0 Å². The molecule has 1 aliphatic rings. The maximum absolute atomic E-state index is 11.7. The van der Waals surface area contributed by atoms with Crippen molar-refractivity contribution in [3.05, 3.63) is 0 Å². The van der Waals surface area contributed by atoms with Crippen LogP contribution < -0.4 is 5.73 Å². The Kier molecular flexibility index (Phi) is 3.17. The molecule has 0 aromatic carbocycles. The maximum Gasteiger partial charge on any atom is 0.312 e. The van der Waals surface area contributed by atoms with Crippen molar-refractivity contribution in [3.8, 4) is 0 Å². The second-order valence-electron chi connectivity index (χ2n) is 4.90. The third-order valence-electron chi connectivity index (χ3n) is 2.42. The van der Waals surface area contributed by atoms with Gasteiger partial charge in [-0.3, -0.25) is 9.69 Å². The standard InChI is InChI=1S/C10H20N2O2/c1-10(2,3)14-9(13)7-5-6-12(4)8(7)11/h7-8H,5-6,11H2,1-4H3. The normalized spacial score (nSPS) is 29.2. The topological polar surface area (TPSA) is 55.6 Å². The van der Waals surface area contributed by atoms with Gasteiger partial charge in [0.2, 0.25) is 0 Å². The summed E-state index contributed by atoms with van der Waals surface area (Å²) < 4.78 is 5.29. The summed E-state index contributed by atoms with van der Waals surface area (Å²) in [7, 11) is 1.93. The largest absolute Gasteiger partial charge is 0.460 e. The van der Waals surface area contributed by atoms with Crippen molar-refractivity contribution in [2.24, 2.45) is 11.7 Å². The summed E-state index contributed by atoms with van der Waals surface area (Å²) in [5.74, 6) is -0.339. The lowest BCUT2D eigenvalue weighted by Gasteiger charge is -2.24. The lowest BCUT2D eigenvalue weighted by molar-refractivity contribution is -0.160. The van der Waals surface area contributed by atoms with Gasteiger partial charge in [0.15, 0.2) is 0 Å². The van der Waals surface area contributed by atoms with Crippen LogP contribution in [-0.4, -0.2) is 36.2 Å². The minimum Gasteiger partial charge on any atom is -0.460 e. The number of esters is 1. The molecule has 1 fully saturated rings. The number of likely N-dealkylation sites (tertiary alicyclic amines) is 1. The molecule has 0 amide bonds. The number of carbonyl (C=O) groups is 1. The highest BCUT2D eigenvalue weighted by molar-refractivity contribution is 5.74. The number of carbonyl (C=O) groups excluding carboxylic acids is 1. The van der Waals surface area contributed by atoms with Crippen LogP contribution in [0.5, 0.6) is 0 Å². The van der Waals surface area contributed by atoms with Crippen LogP contribution in [0.3, 0.4) is 0 Å². The van der Waals surface area contributed by atoms with E-state index in [1.54, 1.807) is 0 Å². The van der Waals surface area contributed by atoms with Crippen molar-refractivity contribution in [1.82, 2.24) is 4.90 Å². The zero-order chi connectivity index (χ0) is 10.9. The van der Waals surface area contributed by atoms with Crippen molar-refractivity contribution in [2.75, 3.05) is 13.6 Å². The molecule has 0 aromatic heterocycles. The summed E-state index contributed by atoms with van der Waals surface area (Å²) in [6, 6.07) is 0. The van der Waals surface area contributed by atoms with Crippen molar-refractivity contribution in [3.63, 3.8) is 0 Å². The van der Waals surface area contributed by atoms with Gasteiger partial charge in [-0.25, -0.2) is 0 Å². The average Bonchev–Trinajstić information content (AvgIpc) is 2.29. The van der Waals surface area contributed by atoms with E-state index < -0.39 is 5.60 Å². The first-order valence-corrected chi connectivity index (χ1v) is 5.00. The first-order chi connectivity index (χ1) is 6.31. The van der Waals surface area contributed by atoms with Gasteiger partial charge in [-0.2, -0.15) is 0 Å². The Morgan fingerprint density at radius 1 is 1.50 bits per heavy atom. The van der Waals surface area contributed by atoms with Crippen LogP contribution in [0.4, 0.5) is 0 Å². The highest BCUT2D eigenvalue weighted by Gasteiger charge is 2.36. The zero-order valence-corrected chi connectivity index (χ0v) is 9.41. The molecule has 1 heterocycles. The van der Waals surface area contributed by atoms with Gasteiger partial charge in [-0.05, 0) is 34.2 Å². The van der Waals surface area contributed by atoms with E-state index in [2.05, 4.69) is 0 Å². The predicted octanol–water partition coefficient (Wildman–Crippen LogP) is 0.565. The Labute approximate surface area is 85.4 Å². The third kappa shape index (κ3) is 2.69. The van der Waals surface area contributed by atoms with E-state index >= 15 is 0 Å². The third-order valence-corrected chi connectivity index (χ3v) is 2.42. The lowest BCUT2D eigenvalue weighted by Crippen LogP contribution is -2.42. The molecule has 1 saturated heterocycles. The Hall–Kier alpha value is -0.610. The fourth-order valence-electron chi connectivity index (χ4n) is 1.60. The molecular weight excluding hydrogens is 180 g/mol. The summed E-state index contributed by atoms with van der Waals surface area (Å²) in [6.45, 7) is 6.48. The average molecular weight is 200 g/mol. The van der Waals surface area contributed by atoms with E-state index in [1.165, 1.54) is 0 Å². The number of nitrogens with zero attached hydrogens (tertiary/aromatic N) is 1. The van der Waals surface area contributed by atoms with Crippen LogP contribution in [0.2, 0.25) is 0 Å². The molecule has 4 heteroatoms. The first-order valence-electron chi connectivity index (χ1n) is 5.00. The van der Waals surface area contributed by atoms with Gasteiger partial charge >= 0.3 is 5.97 Å². The number of rotatable bonds is 1. The van der Waals surface area contributed by atoms with Crippen molar-refractivity contribution < 1.29 is 9.53 Å². The number of hydrogen-bond acceptors (Lipinski definition) is 4. The van der Waals surface area contributed by atoms with Crippen LogP contribution in [0.15, 0.2) is 0 Å². The Morgan fingerprint density at radius 2 is 2.07 bits per heavy atom. The van der Waals surface area contributed by atoms with E-state index in [0.717, 1.165) is 13.0 Å². The summed E-state index contributed by atoms with van der Waals surface area (Å²) in [4.78, 5) is 13.7. The number of hydrogen-bond donors (Lipinski definition) is 1. The highest BCUT2D eigenvalue weighted by Crippen LogP contribution is 2.22. The van der Waals surface area contributed by atoms with Crippen LogP contribution >= 0.6 is 0 Å². The summed E-state index contributed by atoms with van der Waals surface area (Å²) in [5.41, 5.74) is 5.45. The first kappa shape index (κ1) is 11.5. The molecule has 14 heavy (non-hydrogen) atoms. The highest BCUT2D eigenvalue weighted by atomic mass is 16.6. The van der Waals surface area contributed by atoms with Gasteiger partial charge in [0.25, 0.3) is 0 Å². The molecule has 0 bridgehead atoms. The predicted molar refractivity (Wildman–Crippen MR) is 54.6 cm³/mol. The quantitative estimate of drug-likeness (QED) is 0.629. The minimum absolute atomic E-state index is 0.167. The van der Waals surface area contributed by atoms with Crippen LogP contribution in [-0.2, 0) is 9.53 Å². The molecule has 0 saturated carbocycles. The molecule has 0 aliphatic carbocycles. The van der Waals surface area contributed by atoms with Gasteiger partial charge in [-0.1, -0.05) is 0 Å². The van der Waals surface area contributed by atoms with E-state index in [0.29, 0.717) is 0 Å².